The maximum absolute atomic E-state index is 3.60. The van der Waals surface area contributed by atoms with Crippen molar-refractivity contribution in [2.45, 2.75) is 52.5 Å². The average molecular weight is 231 g/mol. The molecule has 0 radical (unpaired) electrons. The maximum Gasteiger partial charge on any atom is 0.00792 e. The van der Waals surface area contributed by atoms with E-state index in [1.807, 2.05) is 0 Å². The second-order valence-corrected chi connectivity index (χ2v) is 5.86. The number of aryl methyl sites for hydroxylation is 2. The van der Waals surface area contributed by atoms with E-state index in [-0.39, 0.29) is 0 Å². The lowest BCUT2D eigenvalue weighted by molar-refractivity contribution is 0.482. The molecule has 0 aromatic heterocycles. The Balaban J connectivity index is 1.90. The Labute approximate surface area is 106 Å². The van der Waals surface area contributed by atoms with Crippen LogP contribution in [0.1, 0.15) is 43.9 Å². The zero-order chi connectivity index (χ0) is 12.3. The number of benzene rings is 1. The predicted octanol–water partition coefficient (Wildman–Crippen LogP) is 3.35. The Morgan fingerprint density at radius 2 is 1.88 bits per heavy atom. The van der Waals surface area contributed by atoms with Gasteiger partial charge in [-0.3, -0.25) is 0 Å². The van der Waals surface area contributed by atoms with Crippen LogP contribution in [-0.4, -0.2) is 12.6 Å². The number of rotatable bonds is 5. The van der Waals surface area contributed by atoms with Crippen LogP contribution in [0.4, 0.5) is 0 Å². The molecule has 0 bridgehead atoms. The van der Waals surface area contributed by atoms with Crippen molar-refractivity contribution < 1.29 is 0 Å². The molecule has 0 saturated carbocycles. The zero-order valence-corrected chi connectivity index (χ0v) is 11.4. The summed E-state index contributed by atoms with van der Waals surface area (Å²) < 4.78 is 0. The zero-order valence-electron chi connectivity index (χ0n) is 11.4. The van der Waals surface area contributed by atoms with E-state index in [9.17, 15) is 0 Å². The fourth-order valence-electron chi connectivity index (χ4n) is 2.61. The van der Waals surface area contributed by atoms with Crippen molar-refractivity contribution >= 4 is 0 Å². The number of hydrogen-bond donors (Lipinski definition) is 1. The highest BCUT2D eigenvalue weighted by atomic mass is 14.9. The van der Waals surface area contributed by atoms with E-state index in [2.05, 4.69) is 44.3 Å². The van der Waals surface area contributed by atoms with Crippen LogP contribution in [0.3, 0.4) is 0 Å². The van der Waals surface area contributed by atoms with E-state index in [1.54, 1.807) is 11.1 Å². The van der Waals surface area contributed by atoms with Crippen molar-refractivity contribution in [3.63, 3.8) is 0 Å². The molecular formula is C16H25N. The van der Waals surface area contributed by atoms with E-state index in [1.165, 1.54) is 24.8 Å². The van der Waals surface area contributed by atoms with Crippen LogP contribution >= 0.6 is 0 Å². The van der Waals surface area contributed by atoms with Crippen molar-refractivity contribution in [2.24, 2.45) is 5.92 Å². The van der Waals surface area contributed by atoms with Gasteiger partial charge in [0.2, 0.25) is 0 Å². The highest BCUT2D eigenvalue weighted by Crippen LogP contribution is 2.23. The lowest BCUT2D eigenvalue weighted by atomic mass is 10.0. The molecule has 0 fully saturated rings. The number of nitrogens with one attached hydrogen (secondary N) is 1. The van der Waals surface area contributed by atoms with Crippen molar-refractivity contribution in [3.8, 4) is 0 Å². The third-order valence-electron chi connectivity index (χ3n) is 3.58. The lowest BCUT2D eigenvalue weighted by Crippen LogP contribution is -2.31. The monoisotopic (exact) mass is 231 g/mol. The third-order valence-corrected chi connectivity index (χ3v) is 3.58. The number of fused-ring (bicyclic) bond motifs is 1. The van der Waals surface area contributed by atoms with Gasteiger partial charge in [-0.25, -0.2) is 0 Å². The Morgan fingerprint density at radius 1 is 1.12 bits per heavy atom. The van der Waals surface area contributed by atoms with Crippen LogP contribution in [0.15, 0.2) is 18.2 Å². The summed E-state index contributed by atoms with van der Waals surface area (Å²) in [5.74, 6) is 0.734. The molecule has 0 amide bonds. The van der Waals surface area contributed by atoms with Gasteiger partial charge in [0.15, 0.2) is 0 Å². The molecule has 1 unspecified atom stereocenters. The predicted molar refractivity (Wildman–Crippen MR) is 74.5 cm³/mol. The van der Waals surface area contributed by atoms with Gasteiger partial charge in [-0.2, -0.15) is 0 Å². The summed E-state index contributed by atoms with van der Waals surface area (Å²) in [4.78, 5) is 0. The molecular weight excluding hydrogens is 206 g/mol. The smallest absolute Gasteiger partial charge is 0.00792 e. The van der Waals surface area contributed by atoms with E-state index in [4.69, 9.17) is 0 Å². The lowest BCUT2D eigenvalue weighted by Gasteiger charge is -2.16. The fraction of sp³-hybridized carbons (Fsp3) is 0.625. The van der Waals surface area contributed by atoms with Crippen LogP contribution in [-0.2, 0) is 19.3 Å². The number of hydrogen-bond acceptors (Lipinski definition) is 1. The van der Waals surface area contributed by atoms with Gasteiger partial charge < -0.3 is 5.32 Å². The Morgan fingerprint density at radius 3 is 2.65 bits per heavy atom. The van der Waals surface area contributed by atoms with E-state index >= 15 is 0 Å². The van der Waals surface area contributed by atoms with Crippen molar-refractivity contribution in [1.29, 1.82) is 0 Å². The molecule has 1 aliphatic rings. The van der Waals surface area contributed by atoms with Crippen LogP contribution in [0.5, 0.6) is 0 Å². The van der Waals surface area contributed by atoms with E-state index < -0.39 is 0 Å². The van der Waals surface area contributed by atoms with Crippen LogP contribution in [0.25, 0.3) is 0 Å². The first-order valence-electron chi connectivity index (χ1n) is 6.99. The van der Waals surface area contributed by atoms with Gasteiger partial charge >= 0.3 is 0 Å². The minimum atomic E-state index is 0.580. The summed E-state index contributed by atoms with van der Waals surface area (Å²) >= 11 is 0. The van der Waals surface area contributed by atoms with Crippen molar-refractivity contribution in [3.05, 3.63) is 34.9 Å². The van der Waals surface area contributed by atoms with Crippen LogP contribution in [0.2, 0.25) is 0 Å². The third kappa shape index (κ3) is 3.57. The van der Waals surface area contributed by atoms with Crippen LogP contribution in [0, 0.1) is 5.92 Å². The first-order chi connectivity index (χ1) is 8.15. The molecule has 17 heavy (non-hydrogen) atoms. The van der Waals surface area contributed by atoms with Gasteiger partial charge in [-0.15, -0.1) is 0 Å². The van der Waals surface area contributed by atoms with Gasteiger partial charge in [-0.05, 0) is 61.8 Å². The average Bonchev–Trinajstić information content (AvgIpc) is 2.73. The molecule has 1 aromatic rings. The van der Waals surface area contributed by atoms with Gasteiger partial charge in [0, 0.05) is 6.04 Å². The van der Waals surface area contributed by atoms with E-state index in [0.29, 0.717) is 6.04 Å². The van der Waals surface area contributed by atoms with Gasteiger partial charge in [0.05, 0.1) is 0 Å². The van der Waals surface area contributed by atoms with Gasteiger partial charge in [0.1, 0.15) is 0 Å². The second kappa shape index (κ2) is 5.68. The summed E-state index contributed by atoms with van der Waals surface area (Å²) in [5.41, 5.74) is 4.67. The minimum Gasteiger partial charge on any atom is -0.314 e. The molecule has 1 heteroatoms. The molecule has 94 valence electrons. The summed E-state index contributed by atoms with van der Waals surface area (Å²) in [5, 5.41) is 3.60. The molecule has 0 spiro atoms. The first kappa shape index (κ1) is 12.6. The summed E-state index contributed by atoms with van der Waals surface area (Å²) in [6.07, 6.45) is 5.08. The quantitative estimate of drug-likeness (QED) is 0.819. The van der Waals surface area contributed by atoms with Gasteiger partial charge in [0.25, 0.3) is 0 Å². The maximum atomic E-state index is 3.60. The molecule has 1 aliphatic carbocycles. The second-order valence-electron chi connectivity index (χ2n) is 5.86. The van der Waals surface area contributed by atoms with Gasteiger partial charge in [-0.1, -0.05) is 32.0 Å². The summed E-state index contributed by atoms with van der Waals surface area (Å²) in [6, 6.07) is 7.66. The van der Waals surface area contributed by atoms with Crippen molar-refractivity contribution in [1.82, 2.24) is 5.32 Å². The minimum absolute atomic E-state index is 0.580. The molecule has 2 rings (SSSR count). The van der Waals surface area contributed by atoms with Crippen molar-refractivity contribution in [2.75, 3.05) is 6.54 Å². The Hall–Kier alpha value is -0.820. The summed E-state index contributed by atoms with van der Waals surface area (Å²) in [6.45, 7) is 7.92. The molecule has 0 saturated heterocycles. The SMILES string of the molecule is CC(C)CNC(C)Cc1ccc2c(c1)CCC2. The highest BCUT2D eigenvalue weighted by Gasteiger charge is 2.11. The Kier molecular flexibility index (Phi) is 4.22. The fourth-order valence-corrected chi connectivity index (χ4v) is 2.61. The molecule has 1 nitrogen and oxygen atoms in total. The first-order valence-corrected chi connectivity index (χ1v) is 6.99. The largest absolute Gasteiger partial charge is 0.314 e. The standard InChI is InChI=1S/C16H25N/c1-12(2)11-17-13(3)9-14-7-8-15-5-4-6-16(15)10-14/h7-8,10,12-13,17H,4-6,9,11H2,1-3H3. The molecule has 1 atom stereocenters. The van der Waals surface area contributed by atoms with E-state index in [0.717, 1.165) is 18.9 Å². The molecule has 0 heterocycles. The Bertz CT molecular complexity index is 368. The molecule has 0 aliphatic heterocycles. The normalized spacial score (nSPS) is 16.2. The molecule has 1 N–H and O–H groups in total. The van der Waals surface area contributed by atoms with Crippen LogP contribution < -0.4 is 5.32 Å². The summed E-state index contributed by atoms with van der Waals surface area (Å²) in [7, 11) is 0. The highest BCUT2D eigenvalue weighted by molar-refractivity contribution is 5.35. The molecule has 1 aromatic carbocycles. The topological polar surface area (TPSA) is 12.0 Å².